The van der Waals surface area contributed by atoms with Crippen LogP contribution in [0.15, 0.2) is 30.3 Å². The fraction of sp³-hybridized carbons (Fsp3) is 0.286. The number of para-hydroxylation sites is 1. The monoisotopic (exact) mass is 262 g/mol. The zero-order valence-corrected chi connectivity index (χ0v) is 11.2. The first-order chi connectivity index (χ1) is 8.70. The molecule has 0 spiro atoms. The normalized spacial score (nSPS) is 10.4. The van der Waals surface area contributed by atoms with Gasteiger partial charge in [0.05, 0.1) is 12.3 Å². The summed E-state index contributed by atoms with van der Waals surface area (Å²) in [6.07, 6.45) is 0.970. The lowest BCUT2D eigenvalue weighted by molar-refractivity contribution is 0.318. The Balaban J connectivity index is 2.42. The van der Waals surface area contributed by atoms with E-state index in [4.69, 9.17) is 16.3 Å². The first kappa shape index (κ1) is 12.8. The van der Waals surface area contributed by atoms with Crippen LogP contribution in [0.25, 0.3) is 11.3 Å². The molecular formula is C14H15ClN2O. The van der Waals surface area contributed by atoms with Gasteiger partial charge in [-0.2, -0.15) is 0 Å². The van der Waals surface area contributed by atoms with Crippen LogP contribution in [0.4, 0.5) is 0 Å². The zero-order chi connectivity index (χ0) is 13.0. The maximum Gasteiger partial charge on any atom is 0.223 e. The lowest BCUT2D eigenvalue weighted by atomic mass is 10.1. The van der Waals surface area contributed by atoms with Gasteiger partial charge in [0.25, 0.3) is 0 Å². The van der Waals surface area contributed by atoms with Crippen LogP contribution in [0.2, 0.25) is 5.28 Å². The molecule has 0 aliphatic heterocycles. The maximum absolute atomic E-state index is 5.89. The predicted molar refractivity (Wildman–Crippen MR) is 73.0 cm³/mol. The second-order valence-electron chi connectivity index (χ2n) is 4.01. The molecule has 0 unspecified atom stereocenters. The molecule has 1 aromatic carbocycles. The molecule has 18 heavy (non-hydrogen) atoms. The maximum atomic E-state index is 5.89. The van der Waals surface area contributed by atoms with Crippen molar-refractivity contribution in [3.05, 3.63) is 41.3 Å². The third-order valence-electron chi connectivity index (χ3n) is 2.45. The SMILES string of the molecule is CCCOc1ccccc1-c1cc(C)nc(Cl)n1. The predicted octanol–water partition coefficient (Wildman–Crippen LogP) is 3.89. The summed E-state index contributed by atoms with van der Waals surface area (Å²) in [5, 5.41) is 0.260. The Labute approximate surface area is 112 Å². The summed E-state index contributed by atoms with van der Waals surface area (Å²) in [7, 11) is 0. The average molecular weight is 263 g/mol. The van der Waals surface area contributed by atoms with Gasteiger partial charge in [-0.05, 0) is 43.1 Å². The van der Waals surface area contributed by atoms with Crippen LogP contribution in [0.5, 0.6) is 5.75 Å². The molecule has 2 aromatic rings. The van der Waals surface area contributed by atoms with E-state index in [1.165, 1.54) is 0 Å². The molecule has 0 aliphatic carbocycles. The lowest BCUT2D eigenvalue weighted by Crippen LogP contribution is -1.98. The smallest absolute Gasteiger partial charge is 0.223 e. The number of hydrogen-bond acceptors (Lipinski definition) is 3. The Hall–Kier alpha value is -1.61. The fourth-order valence-corrected chi connectivity index (χ4v) is 1.91. The van der Waals surface area contributed by atoms with Crippen molar-refractivity contribution in [3.63, 3.8) is 0 Å². The fourth-order valence-electron chi connectivity index (χ4n) is 1.69. The zero-order valence-electron chi connectivity index (χ0n) is 10.5. The molecule has 0 amide bonds. The number of aromatic nitrogens is 2. The Morgan fingerprint density at radius 3 is 2.72 bits per heavy atom. The van der Waals surface area contributed by atoms with Crippen LogP contribution in [-0.2, 0) is 0 Å². The average Bonchev–Trinajstić information content (AvgIpc) is 2.35. The van der Waals surface area contributed by atoms with E-state index in [2.05, 4.69) is 16.9 Å². The first-order valence-corrected chi connectivity index (χ1v) is 6.32. The summed E-state index contributed by atoms with van der Waals surface area (Å²) in [6, 6.07) is 9.73. The minimum Gasteiger partial charge on any atom is -0.493 e. The van der Waals surface area contributed by atoms with Crippen molar-refractivity contribution in [3.8, 4) is 17.0 Å². The van der Waals surface area contributed by atoms with Gasteiger partial charge in [0, 0.05) is 11.3 Å². The van der Waals surface area contributed by atoms with E-state index >= 15 is 0 Å². The van der Waals surface area contributed by atoms with Crippen LogP contribution >= 0.6 is 11.6 Å². The van der Waals surface area contributed by atoms with Crippen LogP contribution in [-0.4, -0.2) is 16.6 Å². The number of ether oxygens (including phenoxy) is 1. The topological polar surface area (TPSA) is 35.0 Å². The highest BCUT2D eigenvalue weighted by molar-refractivity contribution is 6.28. The van der Waals surface area contributed by atoms with Gasteiger partial charge in [-0.3, -0.25) is 0 Å². The molecule has 0 fully saturated rings. The summed E-state index contributed by atoms with van der Waals surface area (Å²) in [5.74, 6) is 0.827. The molecule has 0 atom stereocenters. The van der Waals surface area contributed by atoms with Gasteiger partial charge in [0.15, 0.2) is 0 Å². The Morgan fingerprint density at radius 2 is 2.00 bits per heavy atom. The van der Waals surface area contributed by atoms with E-state index in [1.807, 2.05) is 37.3 Å². The van der Waals surface area contributed by atoms with E-state index in [9.17, 15) is 0 Å². The van der Waals surface area contributed by atoms with Crippen molar-refractivity contribution >= 4 is 11.6 Å². The van der Waals surface area contributed by atoms with E-state index in [0.717, 1.165) is 29.1 Å². The summed E-state index contributed by atoms with van der Waals surface area (Å²) in [6.45, 7) is 4.66. The van der Waals surface area contributed by atoms with Gasteiger partial charge < -0.3 is 4.74 Å². The van der Waals surface area contributed by atoms with E-state index in [-0.39, 0.29) is 5.28 Å². The van der Waals surface area contributed by atoms with Crippen molar-refractivity contribution in [1.29, 1.82) is 0 Å². The molecule has 0 bridgehead atoms. The van der Waals surface area contributed by atoms with Crippen molar-refractivity contribution in [2.24, 2.45) is 0 Å². The van der Waals surface area contributed by atoms with Gasteiger partial charge >= 0.3 is 0 Å². The molecule has 4 heteroatoms. The number of halogens is 1. The number of hydrogen-bond donors (Lipinski definition) is 0. The highest BCUT2D eigenvalue weighted by atomic mass is 35.5. The number of nitrogens with zero attached hydrogens (tertiary/aromatic N) is 2. The lowest BCUT2D eigenvalue weighted by Gasteiger charge is -2.10. The standard InChI is InChI=1S/C14H15ClN2O/c1-3-8-18-13-7-5-4-6-11(13)12-9-10(2)16-14(15)17-12/h4-7,9H,3,8H2,1-2H3. The molecule has 0 radical (unpaired) electrons. The third-order valence-corrected chi connectivity index (χ3v) is 2.62. The van der Waals surface area contributed by atoms with E-state index in [1.54, 1.807) is 0 Å². The molecule has 3 nitrogen and oxygen atoms in total. The van der Waals surface area contributed by atoms with Gasteiger partial charge in [-0.1, -0.05) is 19.1 Å². The second kappa shape index (κ2) is 5.83. The van der Waals surface area contributed by atoms with E-state index in [0.29, 0.717) is 6.61 Å². The molecule has 0 aliphatic rings. The van der Waals surface area contributed by atoms with Gasteiger partial charge in [0.2, 0.25) is 5.28 Å². The number of benzene rings is 1. The number of rotatable bonds is 4. The first-order valence-electron chi connectivity index (χ1n) is 5.94. The van der Waals surface area contributed by atoms with Crippen molar-refractivity contribution in [1.82, 2.24) is 9.97 Å². The molecule has 0 saturated heterocycles. The highest BCUT2D eigenvalue weighted by Gasteiger charge is 2.08. The quantitative estimate of drug-likeness (QED) is 0.784. The number of aryl methyl sites for hydroxylation is 1. The van der Waals surface area contributed by atoms with Crippen molar-refractivity contribution < 1.29 is 4.74 Å². The minimum absolute atomic E-state index is 0.260. The van der Waals surface area contributed by atoms with E-state index < -0.39 is 0 Å². The molecule has 1 aromatic heterocycles. The summed E-state index contributed by atoms with van der Waals surface area (Å²) < 4.78 is 5.72. The molecule has 94 valence electrons. The van der Waals surface area contributed by atoms with Gasteiger partial charge in [-0.15, -0.1) is 0 Å². The Morgan fingerprint density at radius 1 is 1.22 bits per heavy atom. The van der Waals surface area contributed by atoms with Gasteiger partial charge in [-0.25, -0.2) is 9.97 Å². The molecule has 0 N–H and O–H groups in total. The summed E-state index contributed by atoms with van der Waals surface area (Å²) in [5.41, 5.74) is 2.58. The molecule has 0 saturated carbocycles. The molecule has 1 heterocycles. The summed E-state index contributed by atoms with van der Waals surface area (Å²) in [4.78, 5) is 8.31. The third kappa shape index (κ3) is 2.99. The molecule has 2 rings (SSSR count). The van der Waals surface area contributed by atoms with Crippen LogP contribution in [0.1, 0.15) is 19.0 Å². The van der Waals surface area contributed by atoms with Crippen LogP contribution in [0.3, 0.4) is 0 Å². The Kier molecular flexibility index (Phi) is 4.15. The second-order valence-corrected chi connectivity index (χ2v) is 4.35. The van der Waals surface area contributed by atoms with Crippen LogP contribution in [0, 0.1) is 6.92 Å². The molecular weight excluding hydrogens is 248 g/mol. The van der Waals surface area contributed by atoms with Crippen molar-refractivity contribution in [2.45, 2.75) is 20.3 Å². The minimum atomic E-state index is 0.260. The Bertz CT molecular complexity index is 523. The summed E-state index contributed by atoms with van der Waals surface area (Å²) >= 11 is 5.89. The van der Waals surface area contributed by atoms with Crippen LogP contribution < -0.4 is 4.74 Å². The highest BCUT2D eigenvalue weighted by Crippen LogP contribution is 2.29. The van der Waals surface area contributed by atoms with Crippen molar-refractivity contribution in [2.75, 3.05) is 6.61 Å². The van der Waals surface area contributed by atoms with Gasteiger partial charge in [0.1, 0.15) is 5.75 Å². The largest absolute Gasteiger partial charge is 0.493 e.